The molecule has 0 spiro atoms. The van der Waals surface area contributed by atoms with Gasteiger partial charge >= 0.3 is 0 Å². The Morgan fingerprint density at radius 2 is 1.60 bits per heavy atom. The molecule has 3 aromatic carbocycles. The summed E-state index contributed by atoms with van der Waals surface area (Å²) in [5, 5.41) is 23.6. The van der Waals surface area contributed by atoms with Crippen molar-refractivity contribution in [2.75, 3.05) is 54.4 Å². The number of rotatable bonds is 6. The number of carbonyl (C=O) groups is 1. The average molecular weight is 558 g/mol. The Hall–Kier alpha value is -4.23. The van der Waals surface area contributed by atoms with Crippen LogP contribution in [0.5, 0.6) is 5.75 Å². The van der Waals surface area contributed by atoms with Gasteiger partial charge < -0.3 is 34.1 Å². The molecule has 0 bridgehead atoms. The second-order valence-corrected chi connectivity index (χ2v) is 11.2. The van der Waals surface area contributed by atoms with E-state index in [0.29, 0.717) is 53.5 Å². The molecule has 0 aromatic heterocycles. The summed E-state index contributed by atoms with van der Waals surface area (Å²) >= 11 is 0. The zero-order valence-electron chi connectivity index (χ0n) is 22.5. The first-order valence-electron chi connectivity index (χ1n) is 13.5. The monoisotopic (exact) mass is 557 g/mol. The van der Waals surface area contributed by atoms with Crippen molar-refractivity contribution in [2.24, 2.45) is 0 Å². The van der Waals surface area contributed by atoms with Crippen molar-refractivity contribution in [2.45, 2.75) is 30.7 Å². The fourth-order valence-corrected chi connectivity index (χ4v) is 6.15. The normalized spacial score (nSPS) is 16.2. The number of benzene rings is 3. The van der Waals surface area contributed by atoms with Crippen molar-refractivity contribution in [3.05, 3.63) is 77.4 Å². The quantitative estimate of drug-likeness (QED) is 0.296. The van der Waals surface area contributed by atoms with Crippen LogP contribution in [0.3, 0.4) is 0 Å². The SMILES string of the molecule is Cc1cc(O)c(NC2CCN(c3ccccc3C#N)CC2)cc1C(=O)N1CCN(c2ccccc2[S-](=N)=O)CC1. The second-order valence-electron chi connectivity index (χ2n) is 10.2. The van der Waals surface area contributed by atoms with Gasteiger partial charge in [-0.05, 0) is 55.7 Å². The maximum Gasteiger partial charge on any atom is 0.254 e. The van der Waals surface area contributed by atoms with Gasteiger partial charge in [0, 0.05) is 56.6 Å². The summed E-state index contributed by atoms with van der Waals surface area (Å²) in [6.45, 7) is 5.57. The van der Waals surface area contributed by atoms with E-state index in [1.54, 1.807) is 24.3 Å². The third kappa shape index (κ3) is 5.70. The Bertz CT molecular complexity index is 1510. The molecule has 0 aliphatic carbocycles. The molecule has 2 fully saturated rings. The molecule has 2 saturated heterocycles. The van der Waals surface area contributed by atoms with Crippen LogP contribution in [-0.2, 0) is 14.8 Å². The molecule has 0 saturated carbocycles. The summed E-state index contributed by atoms with van der Waals surface area (Å²) in [5.74, 6) is 0.0385. The number of carbonyl (C=O) groups excluding carboxylic acids is 1. The number of piperazine rings is 1. The lowest BCUT2D eigenvalue weighted by Crippen LogP contribution is -2.49. The van der Waals surface area contributed by atoms with Gasteiger partial charge in [-0.25, -0.2) is 0 Å². The minimum atomic E-state index is -1.83. The van der Waals surface area contributed by atoms with Gasteiger partial charge in [0.1, 0.15) is 11.8 Å². The molecule has 5 rings (SSSR count). The van der Waals surface area contributed by atoms with Gasteiger partial charge in [-0.15, -0.1) is 0 Å². The molecular weight excluding hydrogens is 524 g/mol. The van der Waals surface area contributed by atoms with Gasteiger partial charge in [-0.2, -0.15) is 15.9 Å². The van der Waals surface area contributed by atoms with Gasteiger partial charge in [0.25, 0.3) is 5.91 Å². The first-order valence-corrected chi connectivity index (χ1v) is 14.6. The lowest BCUT2D eigenvalue weighted by atomic mass is 10.0. The maximum absolute atomic E-state index is 13.5. The number of aryl methyl sites for hydroxylation is 1. The van der Waals surface area contributed by atoms with Crippen molar-refractivity contribution in [3.8, 4) is 11.8 Å². The Morgan fingerprint density at radius 1 is 0.975 bits per heavy atom. The number of piperidine rings is 1. The number of amides is 1. The number of nitrogens with one attached hydrogen (secondary N) is 2. The predicted octanol–water partition coefficient (Wildman–Crippen LogP) is 4.70. The largest absolute Gasteiger partial charge is 0.506 e. The van der Waals surface area contributed by atoms with E-state index in [1.165, 1.54) is 0 Å². The maximum atomic E-state index is 13.5. The molecule has 0 unspecified atom stereocenters. The van der Waals surface area contributed by atoms with Crippen LogP contribution in [0.1, 0.15) is 34.3 Å². The Kier molecular flexibility index (Phi) is 8.12. The van der Waals surface area contributed by atoms with Gasteiger partial charge in [0.15, 0.2) is 0 Å². The third-order valence-electron chi connectivity index (χ3n) is 7.77. The first kappa shape index (κ1) is 27.3. The second kappa shape index (κ2) is 11.9. The third-order valence-corrected chi connectivity index (χ3v) is 8.51. The summed E-state index contributed by atoms with van der Waals surface area (Å²) in [4.78, 5) is 20.1. The van der Waals surface area contributed by atoms with E-state index >= 15 is 0 Å². The van der Waals surface area contributed by atoms with Crippen LogP contribution in [0.4, 0.5) is 17.1 Å². The summed E-state index contributed by atoms with van der Waals surface area (Å²) in [6, 6.07) is 20.7. The molecular formula is C30H33N6O3S-. The van der Waals surface area contributed by atoms with Crippen molar-refractivity contribution in [3.63, 3.8) is 0 Å². The summed E-state index contributed by atoms with van der Waals surface area (Å²) in [7, 11) is -1.83. The van der Waals surface area contributed by atoms with Crippen molar-refractivity contribution in [1.82, 2.24) is 4.90 Å². The Labute approximate surface area is 236 Å². The molecule has 2 aliphatic heterocycles. The number of hydrogen-bond donors (Lipinski definition) is 3. The fourth-order valence-electron chi connectivity index (χ4n) is 5.56. The van der Waals surface area contributed by atoms with Crippen LogP contribution in [0, 0.1) is 23.0 Å². The summed E-state index contributed by atoms with van der Waals surface area (Å²) in [6.07, 6.45) is 1.67. The minimum Gasteiger partial charge on any atom is -0.506 e. The molecule has 9 nitrogen and oxygen atoms in total. The minimum absolute atomic E-state index is 0.0829. The zero-order chi connectivity index (χ0) is 28.2. The van der Waals surface area contributed by atoms with Crippen LogP contribution >= 0.6 is 0 Å². The molecule has 1 amide bonds. The number of phenolic OH excluding ortho intramolecular Hbond substituents is 1. The molecule has 3 aromatic rings. The smallest absolute Gasteiger partial charge is 0.254 e. The number of hydrogen-bond acceptors (Lipinski definition) is 9. The van der Waals surface area contributed by atoms with Crippen LogP contribution in [-0.4, -0.2) is 61.2 Å². The van der Waals surface area contributed by atoms with E-state index in [0.717, 1.165) is 37.3 Å². The molecule has 2 aliphatic rings. The highest BCUT2D eigenvalue weighted by Gasteiger charge is 2.26. The van der Waals surface area contributed by atoms with E-state index in [1.807, 2.05) is 48.2 Å². The number of nitrogens with zero attached hydrogens (tertiary/aromatic N) is 4. The summed E-state index contributed by atoms with van der Waals surface area (Å²) in [5.41, 5.74) is 4.22. The van der Waals surface area contributed by atoms with Crippen molar-refractivity contribution < 1.29 is 14.1 Å². The molecule has 40 heavy (non-hydrogen) atoms. The summed E-state index contributed by atoms with van der Waals surface area (Å²) < 4.78 is 19.5. The molecule has 3 N–H and O–H groups in total. The molecule has 2 heterocycles. The number of aromatic hydroxyl groups is 1. The zero-order valence-corrected chi connectivity index (χ0v) is 23.3. The number of nitriles is 1. The van der Waals surface area contributed by atoms with Crippen LogP contribution in [0.15, 0.2) is 65.6 Å². The Balaban J connectivity index is 1.23. The average Bonchev–Trinajstić information content (AvgIpc) is 2.98. The predicted molar refractivity (Wildman–Crippen MR) is 156 cm³/mol. The van der Waals surface area contributed by atoms with Gasteiger partial charge in [-0.3, -0.25) is 4.79 Å². The fraction of sp³-hybridized carbons (Fsp3) is 0.333. The van der Waals surface area contributed by atoms with E-state index < -0.39 is 10.6 Å². The topological polar surface area (TPSA) is 124 Å². The number of para-hydroxylation sites is 2. The molecule has 10 heteroatoms. The van der Waals surface area contributed by atoms with Gasteiger partial charge in [0.05, 0.1) is 16.9 Å². The van der Waals surface area contributed by atoms with Crippen molar-refractivity contribution >= 4 is 33.6 Å². The molecule has 0 atom stereocenters. The van der Waals surface area contributed by atoms with E-state index in [4.69, 9.17) is 4.78 Å². The molecule has 0 radical (unpaired) electrons. The standard InChI is InChI=1S/C30H33N6O3S/c1-21-18-28(37)25(33-23-10-12-34(13-11-23)26-7-3-2-6-22(26)20-31)19-24(21)30(38)36-16-14-35(15-17-36)27-8-4-5-9-29(27)40(32)39/h2-9,18-19,23,32-33,37H,10-17H2,1H3/q-1. The lowest BCUT2D eigenvalue weighted by molar-refractivity contribution is 0.0746. The number of anilines is 3. The van der Waals surface area contributed by atoms with Crippen LogP contribution in [0.25, 0.3) is 0 Å². The Morgan fingerprint density at radius 3 is 2.27 bits per heavy atom. The van der Waals surface area contributed by atoms with Crippen molar-refractivity contribution in [1.29, 1.82) is 10.0 Å². The van der Waals surface area contributed by atoms with Crippen LogP contribution < -0.4 is 15.1 Å². The number of phenols is 1. The first-order chi connectivity index (χ1) is 19.4. The van der Waals surface area contributed by atoms with E-state index in [9.17, 15) is 19.4 Å². The van der Waals surface area contributed by atoms with E-state index in [-0.39, 0.29) is 17.7 Å². The molecule has 208 valence electrons. The lowest BCUT2D eigenvalue weighted by Gasteiger charge is -2.38. The van der Waals surface area contributed by atoms with E-state index in [2.05, 4.69) is 21.2 Å². The highest BCUT2D eigenvalue weighted by Crippen LogP contribution is 2.32. The van der Waals surface area contributed by atoms with Crippen LogP contribution in [0.2, 0.25) is 0 Å². The highest BCUT2D eigenvalue weighted by atomic mass is 32.2. The van der Waals surface area contributed by atoms with Gasteiger partial charge in [-0.1, -0.05) is 35.2 Å². The van der Waals surface area contributed by atoms with Gasteiger partial charge in [0.2, 0.25) is 0 Å². The highest BCUT2D eigenvalue weighted by molar-refractivity contribution is 7.73.